The van der Waals surface area contributed by atoms with Gasteiger partial charge in [0.2, 0.25) is 0 Å². The molecule has 1 atom stereocenters. The van der Waals surface area contributed by atoms with E-state index in [1.165, 1.54) is 6.07 Å². The number of nitrogens with zero attached hydrogens (tertiary/aromatic N) is 2. The lowest BCUT2D eigenvalue weighted by Gasteiger charge is -2.19. The summed E-state index contributed by atoms with van der Waals surface area (Å²) in [6.45, 7) is 11.4. The summed E-state index contributed by atoms with van der Waals surface area (Å²) in [6, 6.07) is 18.4. The Hall–Kier alpha value is -2.92. The van der Waals surface area contributed by atoms with E-state index in [9.17, 15) is 9.18 Å². The molecule has 0 aliphatic rings. The molecule has 1 amide bonds. The summed E-state index contributed by atoms with van der Waals surface area (Å²) in [7, 11) is 0. The Balaban J connectivity index is 1.86. The predicted molar refractivity (Wildman–Crippen MR) is 130 cm³/mol. The van der Waals surface area contributed by atoms with Crippen LogP contribution in [0.1, 0.15) is 49.7 Å². The summed E-state index contributed by atoms with van der Waals surface area (Å²) in [6.07, 6.45) is 1.95. The predicted octanol–water partition coefficient (Wildman–Crippen LogP) is 5.83. The van der Waals surface area contributed by atoms with Crippen LogP contribution in [0.3, 0.4) is 0 Å². The highest BCUT2D eigenvalue weighted by atomic mass is 19.1. The van der Waals surface area contributed by atoms with Crippen LogP contribution in [-0.2, 0) is 0 Å². The molecule has 170 valence electrons. The first kappa shape index (κ1) is 23.7. The van der Waals surface area contributed by atoms with Crippen molar-refractivity contribution in [3.8, 4) is 16.9 Å². The zero-order valence-corrected chi connectivity index (χ0v) is 19.6. The zero-order valence-electron chi connectivity index (χ0n) is 19.6. The molecule has 0 aliphatic carbocycles. The molecule has 0 bridgehead atoms. The lowest BCUT2D eigenvalue weighted by molar-refractivity contribution is 0.0936. The summed E-state index contributed by atoms with van der Waals surface area (Å²) >= 11 is 0. The zero-order chi connectivity index (χ0) is 23.1. The molecule has 4 nitrogen and oxygen atoms in total. The fourth-order valence-corrected chi connectivity index (χ4v) is 4.14. The van der Waals surface area contributed by atoms with Crippen LogP contribution < -0.4 is 5.32 Å². The molecule has 0 radical (unpaired) electrons. The Bertz CT molecular complexity index is 1020. The van der Waals surface area contributed by atoms with Gasteiger partial charge in [-0.3, -0.25) is 4.79 Å². The molecule has 3 aromatic rings. The van der Waals surface area contributed by atoms with Crippen molar-refractivity contribution in [3.05, 3.63) is 77.7 Å². The average molecular weight is 436 g/mol. The van der Waals surface area contributed by atoms with E-state index < -0.39 is 0 Å². The third kappa shape index (κ3) is 5.46. The van der Waals surface area contributed by atoms with Gasteiger partial charge in [-0.1, -0.05) is 56.3 Å². The molecule has 1 heterocycles. The topological polar surface area (TPSA) is 37.3 Å². The summed E-state index contributed by atoms with van der Waals surface area (Å²) < 4.78 is 16.5. The number of hydrogen-bond donors (Lipinski definition) is 1. The summed E-state index contributed by atoms with van der Waals surface area (Å²) in [5, 5.41) is 3.14. The van der Waals surface area contributed by atoms with Crippen molar-refractivity contribution in [2.24, 2.45) is 0 Å². The van der Waals surface area contributed by atoms with Gasteiger partial charge in [0, 0.05) is 11.7 Å². The van der Waals surface area contributed by atoms with Crippen LogP contribution in [-0.4, -0.2) is 41.1 Å². The van der Waals surface area contributed by atoms with Gasteiger partial charge < -0.3 is 14.8 Å². The molecular weight excluding hydrogens is 401 g/mol. The van der Waals surface area contributed by atoms with Gasteiger partial charge >= 0.3 is 0 Å². The number of para-hydroxylation sites is 1. The first-order chi connectivity index (χ1) is 15.5. The Labute approximate surface area is 191 Å². The maximum atomic E-state index is 14.7. The Morgan fingerprint density at radius 2 is 1.72 bits per heavy atom. The van der Waals surface area contributed by atoms with Gasteiger partial charge in [-0.2, -0.15) is 0 Å². The summed E-state index contributed by atoms with van der Waals surface area (Å²) in [4.78, 5) is 15.6. The smallest absolute Gasteiger partial charge is 0.253 e. The van der Waals surface area contributed by atoms with Gasteiger partial charge in [0.1, 0.15) is 5.82 Å². The van der Waals surface area contributed by atoms with Crippen LogP contribution in [0, 0.1) is 12.7 Å². The highest BCUT2D eigenvalue weighted by Gasteiger charge is 2.22. The largest absolute Gasteiger partial charge is 0.350 e. The fraction of sp³-hybridized carbons (Fsp3) is 0.370. The second-order valence-corrected chi connectivity index (χ2v) is 8.23. The number of halogens is 1. The molecule has 0 fully saturated rings. The van der Waals surface area contributed by atoms with Gasteiger partial charge in [-0.25, -0.2) is 4.39 Å². The highest BCUT2D eigenvalue weighted by Crippen LogP contribution is 2.30. The third-order valence-electron chi connectivity index (χ3n) is 6.04. The molecule has 1 N–H and O–H groups in total. The van der Waals surface area contributed by atoms with Gasteiger partial charge in [0.15, 0.2) is 0 Å². The van der Waals surface area contributed by atoms with Crippen molar-refractivity contribution in [2.45, 2.75) is 46.6 Å². The monoisotopic (exact) mass is 435 g/mol. The third-order valence-corrected chi connectivity index (χ3v) is 6.04. The van der Waals surface area contributed by atoms with Crippen molar-refractivity contribution >= 4 is 5.91 Å². The minimum absolute atomic E-state index is 0.0643. The van der Waals surface area contributed by atoms with E-state index in [2.05, 4.69) is 24.1 Å². The molecule has 2 aromatic carbocycles. The second kappa shape index (κ2) is 11.1. The van der Waals surface area contributed by atoms with Gasteiger partial charge in [-0.05, 0) is 70.1 Å². The lowest BCUT2D eigenvalue weighted by Crippen LogP contribution is -2.34. The van der Waals surface area contributed by atoms with E-state index in [4.69, 9.17) is 0 Å². The number of carbonyl (C=O) groups excluding carboxylic acids is 1. The van der Waals surface area contributed by atoms with E-state index in [1.807, 2.05) is 60.9 Å². The number of nitrogens with one attached hydrogen (secondary N) is 1. The SMILES string of the molecule is CCN(CC)CCCC(C)NC(=O)c1cc(-c2ccccc2)n(-c2ccccc2F)c1C. The lowest BCUT2D eigenvalue weighted by atomic mass is 10.1. The van der Waals surface area contributed by atoms with Crippen LogP contribution >= 0.6 is 0 Å². The normalized spacial score (nSPS) is 12.2. The number of rotatable bonds is 10. The molecule has 1 aromatic heterocycles. The average Bonchev–Trinajstić information content (AvgIpc) is 3.14. The minimum Gasteiger partial charge on any atom is -0.350 e. The minimum atomic E-state index is -0.319. The van der Waals surface area contributed by atoms with Crippen LogP contribution in [0.25, 0.3) is 16.9 Å². The van der Waals surface area contributed by atoms with E-state index >= 15 is 0 Å². The quantitative estimate of drug-likeness (QED) is 0.435. The number of hydrogen-bond acceptors (Lipinski definition) is 2. The maximum Gasteiger partial charge on any atom is 0.253 e. The number of amides is 1. The first-order valence-electron chi connectivity index (χ1n) is 11.5. The maximum absolute atomic E-state index is 14.7. The molecular formula is C27H34FN3O. The van der Waals surface area contributed by atoms with Crippen LogP contribution in [0.2, 0.25) is 0 Å². The molecule has 0 spiro atoms. The van der Waals surface area contributed by atoms with Crippen molar-refractivity contribution in [1.29, 1.82) is 0 Å². The molecule has 1 unspecified atom stereocenters. The van der Waals surface area contributed by atoms with Gasteiger partial charge in [0.05, 0.1) is 16.9 Å². The van der Waals surface area contributed by atoms with E-state index in [-0.39, 0.29) is 17.8 Å². The molecule has 3 rings (SSSR count). The van der Waals surface area contributed by atoms with Crippen molar-refractivity contribution < 1.29 is 9.18 Å². The van der Waals surface area contributed by atoms with Crippen molar-refractivity contribution in [1.82, 2.24) is 14.8 Å². The molecule has 0 aliphatic heterocycles. The highest BCUT2D eigenvalue weighted by molar-refractivity contribution is 5.97. The van der Waals surface area contributed by atoms with E-state index in [1.54, 1.807) is 12.1 Å². The van der Waals surface area contributed by atoms with Crippen LogP contribution in [0.5, 0.6) is 0 Å². The number of benzene rings is 2. The molecule has 0 saturated heterocycles. The standard InChI is InChI=1S/C27H34FN3O/c1-5-30(6-2)18-12-13-20(3)29-27(32)23-19-26(22-14-8-7-9-15-22)31(21(23)4)25-17-11-10-16-24(25)28/h7-11,14-17,19-20H,5-6,12-13,18H2,1-4H3,(H,29,32). The van der Waals surface area contributed by atoms with E-state index in [0.29, 0.717) is 11.3 Å². The van der Waals surface area contributed by atoms with Crippen molar-refractivity contribution in [2.75, 3.05) is 19.6 Å². The molecule has 32 heavy (non-hydrogen) atoms. The number of aromatic nitrogens is 1. The second-order valence-electron chi connectivity index (χ2n) is 8.23. The fourth-order valence-electron chi connectivity index (χ4n) is 4.14. The van der Waals surface area contributed by atoms with Gasteiger partial charge in [-0.15, -0.1) is 0 Å². The summed E-state index contributed by atoms with van der Waals surface area (Å²) in [5.74, 6) is -0.440. The Morgan fingerprint density at radius 3 is 2.38 bits per heavy atom. The Kier molecular flexibility index (Phi) is 8.23. The number of carbonyl (C=O) groups is 1. The summed E-state index contributed by atoms with van der Waals surface area (Å²) in [5.41, 5.74) is 3.47. The van der Waals surface area contributed by atoms with E-state index in [0.717, 1.165) is 49.4 Å². The molecule has 0 saturated carbocycles. The first-order valence-corrected chi connectivity index (χ1v) is 11.5. The van der Waals surface area contributed by atoms with Gasteiger partial charge in [0.25, 0.3) is 5.91 Å². The molecule has 5 heteroatoms. The van der Waals surface area contributed by atoms with Crippen molar-refractivity contribution in [3.63, 3.8) is 0 Å². The Morgan fingerprint density at radius 1 is 1.06 bits per heavy atom. The van der Waals surface area contributed by atoms with Crippen LogP contribution in [0.4, 0.5) is 4.39 Å². The van der Waals surface area contributed by atoms with Crippen LogP contribution in [0.15, 0.2) is 60.7 Å².